The van der Waals surface area contributed by atoms with E-state index in [-0.39, 0.29) is 15.6 Å². The third kappa shape index (κ3) is 5.62. The van der Waals surface area contributed by atoms with Crippen molar-refractivity contribution in [1.29, 1.82) is 0 Å². The van der Waals surface area contributed by atoms with Gasteiger partial charge in [0.25, 0.3) is 5.91 Å². The molecule has 1 heterocycles. The topological polar surface area (TPSA) is 115 Å². The van der Waals surface area contributed by atoms with Crippen molar-refractivity contribution in [2.24, 2.45) is 0 Å². The maximum Gasteiger partial charge on any atom is 0.331 e. The molecular weight excluding hydrogens is 430 g/mol. The monoisotopic (exact) mass is 445 g/mol. The molecule has 3 aromatic rings. The number of rotatable bonds is 6. The molecule has 1 aromatic heterocycles. The minimum absolute atomic E-state index is 0.00128. The lowest BCUT2D eigenvalue weighted by Gasteiger charge is -2.09. The molecule has 154 valence electrons. The second-order valence-electron chi connectivity index (χ2n) is 6.19. The molecule has 0 bridgehead atoms. The summed E-state index contributed by atoms with van der Waals surface area (Å²) in [7, 11) is -3.47. The summed E-state index contributed by atoms with van der Waals surface area (Å²) in [5, 5.41) is 2.56. The Balaban J connectivity index is 1.58. The van der Waals surface area contributed by atoms with Crippen molar-refractivity contribution in [3.63, 3.8) is 0 Å². The summed E-state index contributed by atoms with van der Waals surface area (Å²) in [6.45, 7) is -0.577. The smallest absolute Gasteiger partial charge is 0.331 e. The number of carbonyl (C=O) groups is 2. The van der Waals surface area contributed by atoms with Crippen LogP contribution in [0, 0.1) is 0 Å². The van der Waals surface area contributed by atoms with Gasteiger partial charge in [0, 0.05) is 12.3 Å². The number of sulfone groups is 1. The Bertz CT molecular complexity index is 1260. The lowest BCUT2D eigenvalue weighted by atomic mass is 10.3. The zero-order valence-electron chi connectivity index (χ0n) is 15.7. The van der Waals surface area contributed by atoms with E-state index >= 15 is 0 Å². The van der Waals surface area contributed by atoms with E-state index < -0.39 is 28.3 Å². The Hall–Kier alpha value is -3.30. The number of anilines is 1. The van der Waals surface area contributed by atoms with Crippen molar-refractivity contribution < 1.29 is 22.7 Å². The number of hydrogen-bond donors (Lipinski definition) is 1. The minimum atomic E-state index is -3.47. The lowest BCUT2D eigenvalue weighted by Crippen LogP contribution is -2.20. The van der Waals surface area contributed by atoms with Crippen LogP contribution >= 0.6 is 11.6 Å². The standard InChI is InChI=1S/C20H16ClN3O5S/c1-30(27,28)14-7-8-15(21)18(10-14)24-19(25)12-29-20(26)9-6-13-11-22-16-4-2-3-5-17(16)23-13/h2-11H,12H2,1H3,(H,24,25)/b9-6+. The van der Waals surface area contributed by atoms with Crippen molar-refractivity contribution in [3.8, 4) is 0 Å². The number of hydrogen-bond acceptors (Lipinski definition) is 7. The van der Waals surface area contributed by atoms with Crippen LogP contribution in [-0.2, 0) is 24.2 Å². The van der Waals surface area contributed by atoms with E-state index in [4.69, 9.17) is 16.3 Å². The van der Waals surface area contributed by atoms with Gasteiger partial charge in [-0.2, -0.15) is 0 Å². The van der Waals surface area contributed by atoms with Gasteiger partial charge in [-0.25, -0.2) is 18.2 Å². The summed E-state index contributed by atoms with van der Waals surface area (Å²) in [6, 6.07) is 11.2. The molecule has 0 atom stereocenters. The predicted molar refractivity (Wildman–Crippen MR) is 113 cm³/mol. The fourth-order valence-electron chi connectivity index (χ4n) is 2.41. The van der Waals surface area contributed by atoms with E-state index in [0.29, 0.717) is 11.2 Å². The minimum Gasteiger partial charge on any atom is -0.452 e. The summed E-state index contributed by atoms with van der Waals surface area (Å²) in [6.07, 6.45) is 5.10. The summed E-state index contributed by atoms with van der Waals surface area (Å²) >= 11 is 5.97. The van der Waals surface area contributed by atoms with Crippen LogP contribution in [0.4, 0.5) is 5.69 Å². The number of para-hydroxylation sites is 2. The second kappa shape index (κ2) is 9.02. The van der Waals surface area contributed by atoms with E-state index in [1.807, 2.05) is 18.2 Å². The number of benzene rings is 2. The number of esters is 1. The molecule has 0 saturated carbocycles. The third-order valence-corrected chi connectivity index (χ3v) is 5.28. The van der Waals surface area contributed by atoms with Crippen LogP contribution in [0.2, 0.25) is 5.02 Å². The first-order chi connectivity index (χ1) is 14.2. The highest BCUT2D eigenvalue weighted by atomic mass is 35.5. The molecule has 0 aliphatic rings. The number of aromatic nitrogens is 2. The van der Waals surface area contributed by atoms with Gasteiger partial charge in [-0.15, -0.1) is 0 Å². The maximum atomic E-state index is 12.0. The molecule has 0 aliphatic carbocycles. The van der Waals surface area contributed by atoms with Crippen LogP contribution in [0.5, 0.6) is 0 Å². The van der Waals surface area contributed by atoms with E-state index in [2.05, 4.69) is 15.3 Å². The van der Waals surface area contributed by atoms with Gasteiger partial charge in [0.1, 0.15) is 0 Å². The van der Waals surface area contributed by atoms with Gasteiger partial charge in [-0.3, -0.25) is 9.78 Å². The zero-order valence-corrected chi connectivity index (χ0v) is 17.3. The molecule has 0 radical (unpaired) electrons. The number of fused-ring (bicyclic) bond motifs is 1. The molecule has 0 spiro atoms. The van der Waals surface area contributed by atoms with Crippen molar-refractivity contribution in [3.05, 3.63) is 65.5 Å². The molecule has 10 heteroatoms. The molecule has 0 fully saturated rings. The van der Waals surface area contributed by atoms with Gasteiger partial charge in [0.15, 0.2) is 16.4 Å². The Morgan fingerprint density at radius 3 is 2.63 bits per heavy atom. The van der Waals surface area contributed by atoms with Crippen LogP contribution in [0.1, 0.15) is 5.69 Å². The highest BCUT2D eigenvalue weighted by Crippen LogP contribution is 2.25. The average molecular weight is 446 g/mol. The predicted octanol–water partition coefficient (Wildman–Crippen LogP) is 2.88. The maximum absolute atomic E-state index is 12.0. The Morgan fingerprint density at radius 2 is 1.90 bits per heavy atom. The van der Waals surface area contributed by atoms with E-state index in [0.717, 1.165) is 17.8 Å². The van der Waals surface area contributed by atoms with Crippen molar-refractivity contribution >= 4 is 56.1 Å². The number of halogens is 1. The highest BCUT2D eigenvalue weighted by Gasteiger charge is 2.13. The van der Waals surface area contributed by atoms with Gasteiger partial charge in [0.2, 0.25) is 0 Å². The molecule has 0 aliphatic heterocycles. The fourth-order valence-corrected chi connectivity index (χ4v) is 3.22. The van der Waals surface area contributed by atoms with Crippen LogP contribution < -0.4 is 5.32 Å². The average Bonchev–Trinajstić information content (AvgIpc) is 2.71. The van der Waals surface area contributed by atoms with Gasteiger partial charge in [0.05, 0.1) is 38.5 Å². The third-order valence-electron chi connectivity index (χ3n) is 3.84. The summed E-state index contributed by atoms with van der Waals surface area (Å²) in [4.78, 5) is 32.4. The molecule has 8 nitrogen and oxygen atoms in total. The molecule has 1 N–H and O–H groups in total. The van der Waals surface area contributed by atoms with Gasteiger partial charge >= 0.3 is 5.97 Å². The molecule has 1 amide bonds. The number of ether oxygens (including phenoxy) is 1. The summed E-state index contributed by atoms with van der Waals surface area (Å²) in [5.41, 5.74) is 1.97. The van der Waals surface area contributed by atoms with Crippen LogP contribution in [-0.4, -0.2) is 43.1 Å². The quantitative estimate of drug-likeness (QED) is 0.458. The number of nitrogens with zero attached hydrogens (tertiary/aromatic N) is 2. The fraction of sp³-hybridized carbons (Fsp3) is 0.100. The number of nitrogens with one attached hydrogen (secondary N) is 1. The summed E-state index contributed by atoms with van der Waals surface area (Å²) in [5.74, 6) is -1.43. The van der Waals surface area contributed by atoms with Crippen molar-refractivity contribution in [1.82, 2.24) is 9.97 Å². The molecule has 30 heavy (non-hydrogen) atoms. The Kier molecular flexibility index (Phi) is 6.43. The first-order valence-corrected chi connectivity index (χ1v) is 10.9. The van der Waals surface area contributed by atoms with E-state index in [1.54, 1.807) is 6.07 Å². The molecule has 0 saturated heterocycles. The van der Waals surface area contributed by atoms with Crippen LogP contribution in [0.15, 0.2) is 59.6 Å². The van der Waals surface area contributed by atoms with Gasteiger partial charge < -0.3 is 10.1 Å². The number of carbonyl (C=O) groups excluding carboxylic acids is 2. The normalized spacial score (nSPS) is 11.5. The summed E-state index contributed by atoms with van der Waals surface area (Å²) < 4.78 is 28.1. The van der Waals surface area contributed by atoms with E-state index in [9.17, 15) is 18.0 Å². The van der Waals surface area contributed by atoms with Crippen LogP contribution in [0.3, 0.4) is 0 Å². The molecule has 2 aromatic carbocycles. The van der Waals surface area contributed by atoms with Crippen molar-refractivity contribution in [2.75, 3.05) is 18.2 Å². The highest BCUT2D eigenvalue weighted by molar-refractivity contribution is 7.90. The van der Waals surface area contributed by atoms with Gasteiger partial charge in [-0.1, -0.05) is 23.7 Å². The zero-order chi connectivity index (χ0) is 21.7. The van der Waals surface area contributed by atoms with E-state index in [1.165, 1.54) is 30.5 Å². The SMILES string of the molecule is CS(=O)(=O)c1ccc(Cl)c(NC(=O)COC(=O)/C=C/c2cnc3ccccc3n2)c1. The largest absolute Gasteiger partial charge is 0.452 e. The van der Waals surface area contributed by atoms with Crippen LogP contribution in [0.25, 0.3) is 17.1 Å². The Morgan fingerprint density at radius 1 is 1.17 bits per heavy atom. The Labute approximate surface area is 177 Å². The number of amides is 1. The first kappa shape index (κ1) is 21.4. The molecular formula is C20H16ClN3O5S. The van der Waals surface area contributed by atoms with Crippen molar-refractivity contribution in [2.45, 2.75) is 4.90 Å². The van der Waals surface area contributed by atoms with Gasteiger partial charge in [-0.05, 0) is 36.4 Å². The first-order valence-electron chi connectivity index (χ1n) is 8.58. The molecule has 0 unspecified atom stereocenters. The molecule has 3 rings (SSSR count). The second-order valence-corrected chi connectivity index (χ2v) is 8.61. The lowest BCUT2D eigenvalue weighted by molar-refractivity contribution is -0.142.